The van der Waals surface area contributed by atoms with Crippen LogP contribution in [0.15, 0.2) is 60.2 Å². The molecular formula is C26H25NO3. The molecule has 1 N–H and O–H groups in total. The van der Waals surface area contributed by atoms with Crippen molar-refractivity contribution in [1.29, 1.82) is 0 Å². The summed E-state index contributed by atoms with van der Waals surface area (Å²) in [6.45, 7) is 0.735. The number of allylic oxidation sites excluding steroid dienone is 6. The average Bonchev–Trinajstić information content (AvgIpc) is 3.32. The Morgan fingerprint density at radius 3 is 2.90 bits per heavy atom. The summed E-state index contributed by atoms with van der Waals surface area (Å²) in [5.74, 6) is -0.127. The topological polar surface area (TPSA) is 51.5 Å². The van der Waals surface area contributed by atoms with Gasteiger partial charge >= 0.3 is 5.97 Å². The molecule has 0 radical (unpaired) electrons. The van der Waals surface area contributed by atoms with Crippen LogP contribution in [0.4, 0.5) is 0 Å². The highest BCUT2D eigenvalue weighted by molar-refractivity contribution is 6.19. The number of aromatic hydroxyl groups is 1. The Morgan fingerprint density at radius 2 is 2.03 bits per heavy atom. The van der Waals surface area contributed by atoms with Gasteiger partial charge in [0.25, 0.3) is 0 Å². The van der Waals surface area contributed by atoms with Crippen LogP contribution < -0.4 is 0 Å². The van der Waals surface area contributed by atoms with Crippen LogP contribution in [-0.2, 0) is 24.1 Å². The third kappa shape index (κ3) is 2.95. The first-order chi connectivity index (χ1) is 14.7. The molecule has 1 aromatic heterocycles. The number of hydrogen-bond donors (Lipinski definition) is 1. The summed E-state index contributed by atoms with van der Waals surface area (Å²) in [6.07, 6.45) is 15.7. The maximum atomic E-state index is 12.6. The zero-order valence-corrected chi connectivity index (χ0v) is 17.1. The number of aromatic nitrogens is 1. The van der Waals surface area contributed by atoms with Gasteiger partial charge < -0.3 is 14.4 Å². The molecule has 0 unspecified atom stereocenters. The number of methoxy groups -OCH3 is 1. The quantitative estimate of drug-likeness (QED) is 0.460. The van der Waals surface area contributed by atoms with E-state index < -0.39 is 0 Å². The third-order valence-electron chi connectivity index (χ3n) is 6.28. The van der Waals surface area contributed by atoms with Crippen molar-refractivity contribution in [3.8, 4) is 5.75 Å². The molecule has 2 aliphatic rings. The molecule has 0 atom stereocenters. The van der Waals surface area contributed by atoms with Crippen molar-refractivity contribution >= 4 is 27.8 Å². The van der Waals surface area contributed by atoms with E-state index >= 15 is 0 Å². The Kier molecular flexibility index (Phi) is 4.70. The molecule has 152 valence electrons. The summed E-state index contributed by atoms with van der Waals surface area (Å²) in [6, 6.07) is 7.62. The maximum absolute atomic E-state index is 12.6. The summed E-state index contributed by atoms with van der Waals surface area (Å²) in [5.41, 5.74) is 6.38. The van der Waals surface area contributed by atoms with Crippen molar-refractivity contribution in [2.45, 2.75) is 38.6 Å². The standard InChI is InChI=1S/C26H25NO3/c1-30-26(29)20-13-8-14-21-23(20)24-22(28)15-18-11-7-12-19(18)25(24)27(21)16-17-9-5-3-2-4-6-10-17/h2-5,8,10,13-15,28H,6-7,9,11-12,16H2,1H3/b4-2?,5-3-,17-10+. The molecule has 0 saturated heterocycles. The highest BCUT2D eigenvalue weighted by Crippen LogP contribution is 2.43. The molecule has 3 aromatic rings. The maximum Gasteiger partial charge on any atom is 0.338 e. The van der Waals surface area contributed by atoms with E-state index in [0.29, 0.717) is 5.56 Å². The molecule has 0 bridgehead atoms. The van der Waals surface area contributed by atoms with E-state index in [9.17, 15) is 9.90 Å². The van der Waals surface area contributed by atoms with Gasteiger partial charge in [-0.2, -0.15) is 0 Å². The SMILES string of the molecule is COC(=O)c1cccc2c1c1c(O)cc3c(c1n2C/C1=C/CC=C/C=C\C1)CCC3. The third-order valence-corrected chi connectivity index (χ3v) is 6.28. The van der Waals surface area contributed by atoms with E-state index in [0.717, 1.165) is 60.5 Å². The minimum atomic E-state index is -0.377. The highest BCUT2D eigenvalue weighted by Gasteiger charge is 2.26. The number of benzene rings is 2. The van der Waals surface area contributed by atoms with E-state index in [1.807, 2.05) is 18.2 Å². The van der Waals surface area contributed by atoms with Crippen LogP contribution in [0.3, 0.4) is 0 Å². The lowest BCUT2D eigenvalue weighted by Gasteiger charge is -2.14. The summed E-state index contributed by atoms with van der Waals surface area (Å²) < 4.78 is 7.36. The molecule has 1 heterocycles. The first-order valence-corrected chi connectivity index (χ1v) is 10.6. The van der Waals surface area contributed by atoms with E-state index in [-0.39, 0.29) is 11.7 Å². The molecule has 2 aromatic carbocycles. The molecule has 0 saturated carbocycles. The average molecular weight is 399 g/mol. The van der Waals surface area contributed by atoms with Crippen molar-refractivity contribution in [2.24, 2.45) is 0 Å². The van der Waals surface area contributed by atoms with Gasteiger partial charge in [0, 0.05) is 11.9 Å². The molecule has 0 fully saturated rings. The fourth-order valence-corrected chi connectivity index (χ4v) is 4.95. The van der Waals surface area contributed by atoms with Crippen molar-refractivity contribution in [3.63, 3.8) is 0 Å². The first-order valence-electron chi connectivity index (χ1n) is 10.6. The number of carbonyl (C=O) groups is 1. The van der Waals surface area contributed by atoms with Gasteiger partial charge in [0.1, 0.15) is 5.75 Å². The molecule has 0 aliphatic heterocycles. The normalized spacial score (nSPS) is 18.6. The second-order valence-corrected chi connectivity index (χ2v) is 8.05. The zero-order chi connectivity index (χ0) is 20.7. The number of phenolic OH excluding ortho intramolecular Hbond substituents is 1. The van der Waals surface area contributed by atoms with E-state index in [1.165, 1.54) is 23.8 Å². The number of carbonyl (C=O) groups excluding carboxylic acids is 1. The van der Waals surface area contributed by atoms with Crippen molar-refractivity contribution < 1.29 is 14.6 Å². The van der Waals surface area contributed by atoms with Crippen molar-refractivity contribution in [2.75, 3.05) is 7.11 Å². The van der Waals surface area contributed by atoms with Crippen LogP contribution in [-0.4, -0.2) is 22.8 Å². The Morgan fingerprint density at radius 1 is 1.17 bits per heavy atom. The van der Waals surface area contributed by atoms with Crippen LogP contribution >= 0.6 is 0 Å². The molecule has 30 heavy (non-hydrogen) atoms. The number of rotatable bonds is 3. The first kappa shape index (κ1) is 18.7. The van der Waals surface area contributed by atoms with Gasteiger partial charge in [0.05, 0.1) is 29.1 Å². The van der Waals surface area contributed by atoms with Crippen LogP contribution in [0.5, 0.6) is 5.75 Å². The zero-order valence-electron chi connectivity index (χ0n) is 17.1. The highest BCUT2D eigenvalue weighted by atomic mass is 16.5. The van der Waals surface area contributed by atoms with Crippen LogP contribution in [0.2, 0.25) is 0 Å². The predicted molar refractivity (Wildman–Crippen MR) is 120 cm³/mol. The van der Waals surface area contributed by atoms with Gasteiger partial charge in [-0.05, 0) is 61.4 Å². The number of aryl methyl sites for hydroxylation is 2. The number of ether oxygens (including phenoxy) is 1. The monoisotopic (exact) mass is 399 g/mol. The van der Waals surface area contributed by atoms with Gasteiger partial charge in [-0.1, -0.05) is 42.0 Å². The Bertz CT molecular complexity index is 1260. The van der Waals surface area contributed by atoms with Crippen molar-refractivity contribution in [1.82, 2.24) is 4.57 Å². The van der Waals surface area contributed by atoms with Gasteiger partial charge in [-0.15, -0.1) is 0 Å². The summed E-state index contributed by atoms with van der Waals surface area (Å²) >= 11 is 0. The summed E-state index contributed by atoms with van der Waals surface area (Å²) in [4.78, 5) is 12.6. The lowest BCUT2D eigenvalue weighted by molar-refractivity contribution is 0.0603. The predicted octanol–water partition coefficient (Wildman–Crippen LogP) is 5.61. The summed E-state index contributed by atoms with van der Waals surface area (Å²) in [7, 11) is 1.40. The van der Waals surface area contributed by atoms with Gasteiger partial charge in [-0.25, -0.2) is 4.79 Å². The van der Waals surface area contributed by atoms with Crippen molar-refractivity contribution in [3.05, 3.63) is 76.9 Å². The second-order valence-electron chi connectivity index (χ2n) is 8.05. The number of esters is 1. The summed E-state index contributed by atoms with van der Waals surface area (Å²) in [5, 5.41) is 12.6. The molecule has 4 nitrogen and oxygen atoms in total. The number of hydrogen-bond acceptors (Lipinski definition) is 3. The second kappa shape index (κ2) is 7.52. The molecule has 0 amide bonds. The smallest absolute Gasteiger partial charge is 0.338 e. The van der Waals surface area contributed by atoms with Crippen LogP contribution in [0.1, 0.15) is 40.7 Å². The van der Waals surface area contributed by atoms with Gasteiger partial charge in [0.2, 0.25) is 0 Å². The van der Waals surface area contributed by atoms with E-state index in [1.54, 1.807) is 6.07 Å². The minimum absolute atomic E-state index is 0.250. The van der Waals surface area contributed by atoms with Crippen LogP contribution in [0, 0.1) is 0 Å². The molecule has 0 spiro atoms. The lowest BCUT2D eigenvalue weighted by Crippen LogP contribution is -2.04. The number of fused-ring (bicyclic) bond motifs is 5. The lowest BCUT2D eigenvalue weighted by atomic mass is 10.0. The Hall–Kier alpha value is -3.27. The fourth-order valence-electron chi connectivity index (χ4n) is 4.95. The molecule has 4 heteroatoms. The number of phenols is 1. The largest absolute Gasteiger partial charge is 0.507 e. The van der Waals surface area contributed by atoms with Gasteiger partial charge in [0.15, 0.2) is 0 Å². The Labute approximate surface area is 175 Å². The van der Waals surface area contributed by atoms with E-state index in [2.05, 4.69) is 34.9 Å². The van der Waals surface area contributed by atoms with E-state index in [4.69, 9.17) is 4.74 Å². The minimum Gasteiger partial charge on any atom is -0.507 e. The molecular weight excluding hydrogens is 374 g/mol. The molecule has 2 aliphatic carbocycles. The molecule has 5 rings (SSSR count). The Balaban J connectivity index is 1.83. The number of nitrogens with zero attached hydrogens (tertiary/aromatic N) is 1. The van der Waals surface area contributed by atoms with Gasteiger partial charge in [-0.3, -0.25) is 0 Å². The van der Waals surface area contributed by atoms with Crippen LogP contribution in [0.25, 0.3) is 21.8 Å². The fraction of sp³-hybridized carbons (Fsp3) is 0.269.